The van der Waals surface area contributed by atoms with E-state index in [4.69, 9.17) is 5.11 Å². The van der Waals surface area contributed by atoms with Crippen molar-refractivity contribution in [3.8, 4) is 11.1 Å². The van der Waals surface area contributed by atoms with Gasteiger partial charge in [-0.1, -0.05) is 12.1 Å². The van der Waals surface area contributed by atoms with Gasteiger partial charge >= 0.3 is 6.18 Å². The van der Waals surface area contributed by atoms with Gasteiger partial charge < -0.3 is 5.11 Å². The SMILES string of the molecule is OCc1ncc(-c2cccc(C(F)(F)F)c2)cc1F. The van der Waals surface area contributed by atoms with Gasteiger partial charge in [-0.2, -0.15) is 13.2 Å². The summed E-state index contributed by atoms with van der Waals surface area (Å²) in [6.45, 7) is -0.561. The van der Waals surface area contributed by atoms with Crippen LogP contribution in [0.15, 0.2) is 36.5 Å². The first-order chi connectivity index (χ1) is 8.91. The molecule has 1 aromatic heterocycles. The Bertz CT molecular complexity index is 595. The van der Waals surface area contributed by atoms with E-state index in [1.807, 2.05) is 0 Å². The molecule has 0 unspecified atom stereocenters. The van der Waals surface area contributed by atoms with E-state index in [9.17, 15) is 17.6 Å². The third kappa shape index (κ3) is 2.90. The topological polar surface area (TPSA) is 33.1 Å². The quantitative estimate of drug-likeness (QED) is 0.849. The monoisotopic (exact) mass is 271 g/mol. The summed E-state index contributed by atoms with van der Waals surface area (Å²) in [6.07, 6.45) is -3.23. The average molecular weight is 271 g/mol. The highest BCUT2D eigenvalue weighted by Gasteiger charge is 2.30. The highest BCUT2D eigenvalue weighted by molar-refractivity contribution is 5.63. The van der Waals surface area contributed by atoms with Crippen molar-refractivity contribution in [2.75, 3.05) is 0 Å². The van der Waals surface area contributed by atoms with E-state index in [1.54, 1.807) is 0 Å². The maximum absolute atomic E-state index is 13.4. The second kappa shape index (κ2) is 4.97. The Morgan fingerprint density at radius 2 is 1.84 bits per heavy atom. The number of aromatic nitrogens is 1. The number of aliphatic hydroxyl groups excluding tert-OH is 1. The van der Waals surface area contributed by atoms with Gasteiger partial charge in [-0.05, 0) is 23.8 Å². The summed E-state index contributed by atoms with van der Waals surface area (Å²) in [4.78, 5) is 3.66. The minimum Gasteiger partial charge on any atom is -0.390 e. The largest absolute Gasteiger partial charge is 0.416 e. The van der Waals surface area contributed by atoms with Gasteiger partial charge in [0.15, 0.2) is 0 Å². The summed E-state index contributed by atoms with van der Waals surface area (Å²) in [5, 5.41) is 8.78. The first-order valence-corrected chi connectivity index (χ1v) is 5.34. The van der Waals surface area contributed by atoms with Gasteiger partial charge in [0, 0.05) is 11.8 Å². The second-order valence-corrected chi connectivity index (χ2v) is 3.89. The number of aliphatic hydroxyl groups is 1. The highest BCUT2D eigenvalue weighted by Crippen LogP contribution is 2.32. The molecule has 0 aliphatic carbocycles. The number of hydrogen-bond donors (Lipinski definition) is 1. The molecule has 0 saturated heterocycles. The Kier molecular flexibility index (Phi) is 3.53. The number of hydrogen-bond acceptors (Lipinski definition) is 2. The summed E-state index contributed by atoms with van der Waals surface area (Å²) in [6, 6.07) is 5.60. The fourth-order valence-electron chi connectivity index (χ4n) is 1.62. The highest BCUT2D eigenvalue weighted by atomic mass is 19.4. The van der Waals surface area contributed by atoms with Crippen LogP contribution >= 0.6 is 0 Å². The van der Waals surface area contributed by atoms with Crippen molar-refractivity contribution < 1.29 is 22.7 Å². The minimum atomic E-state index is -4.45. The van der Waals surface area contributed by atoms with Crippen LogP contribution in [-0.2, 0) is 12.8 Å². The molecule has 2 aromatic rings. The first-order valence-electron chi connectivity index (χ1n) is 5.34. The number of halogens is 4. The van der Waals surface area contributed by atoms with Crippen molar-refractivity contribution in [3.05, 3.63) is 53.6 Å². The molecule has 100 valence electrons. The molecule has 19 heavy (non-hydrogen) atoms. The van der Waals surface area contributed by atoms with Gasteiger partial charge in [-0.3, -0.25) is 4.98 Å². The van der Waals surface area contributed by atoms with E-state index >= 15 is 0 Å². The number of benzene rings is 1. The zero-order chi connectivity index (χ0) is 14.0. The Morgan fingerprint density at radius 1 is 1.11 bits per heavy atom. The molecule has 6 heteroatoms. The maximum Gasteiger partial charge on any atom is 0.416 e. The van der Waals surface area contributed by atoms with Crippen LogP contribution in [0, 0.1) is 5.82 Å². The number of pyridine rings is 1. The Labute approximate surface area is 106 Å². The lowest BCUT2D eigenvalue weighted by Crippen LogP contribution is -2.04. The van der Waals surface area contributed by atoms with Crippen molar-refractivity contribution in [2.24, 2.45) is 0 Å². The van der Waals surface area contributed by atoms with Gasteiger partial charge in [-0.25, -0.2) is 4.39 Å². The predicted molar refractivity (Wildman–Crippen MR) is 60.6 cm³/mol. The van der Waals surface area contributed by atoms with Crippen molar-refractivity contribution >= 4 is 0 Å². The Hall–Kier alpha value is -1.95. The van der Waals surface area contributed by atoms with Crippen LogP contribution in [0.4, 0.5) is 17.6 Å². The molecule has 2 nitrogen and oxygen atoms in total. The third-order valence-corrected chi connectivity index (χ3v) is 2.59. The van der Waals surface area contributed by atoms with E-state index < -0.39 is 24.2 Å². The molecule has 0 fully saturated rings. The standard InChI is InChI=1S/C13H9F4NO/c14-11-5-9(6-18-12(11)7-19)8-2-1-3-10(4-8)13(15,16)17/h1-6,19H,7H2. The van der Waals surface area contributed by atoms with Gasteiger partial charge in [0.25, 0.3) is 0 Å². The van der Waals surface area contributed by atoms with Gasteiger partial charge in [0.2, 0.25) is 0 Å². The van der Waals surface area contributed by atoms with E-state index in [2.05, 4.69) is 4.98 Å². The Balaban J connectivity index is 2.45. The molecule has 0 amide bonds. The van der Waals surface area contributed by atoms with Crippen LogP contribution in [0.3, 0.4) is 0 Å². The fraction of sp³-hybridized carbons (Fsp3) is 0.154. The van der Waals surface area contributed by atoms with Crippen molar-refractivity contribution in [2.45, 2.75) is 12.8 Å². The molecule has 0 aliphatic rings. The van der Waals surface area contributed by atoms with Crippen molar-refractivity contribution in [1.82, 2.24) is 4.98 Å². The van der Waals surface area contributed by atoms with Crippen LogP contribution in [-0.4, -0.2) is 10.1 Å². The Morgan fingerprint density at radius 3 is 2.42 bits per heavy atom. The number of nitrogens with zero attached hydrogens (tertiary/aromatic N) is 1. The molecule has 1 aromatic carbocycles. The number of alkyl halides is 3. The van der Waals surface area contributed by atoms with Gasteiger partial charge in [-0.15, -0.1) is 0 Å². The summed E-state index contributed by atoms with van der Waals surface area (Å²) >= 11 is 0. The number of rotatable bonds is 2. The lowest BCUT2D eigenvalue weighted by atomic mass is 10.0. The van der Waals surface area contributed by atoms with Crippen LogP contribution in [0.2, 0.25) is 0 Å². The first kappa shape index (κ1) is 13.5. The van der Waals surface area contributed by atoms with E-state index in [-0.39, 0.29) is 16.8 Å². The zero-order valence-corrected chi connectivity index (χ0v) is 9.58. The molecule has 0 atom stereocenters. The summed E-state index contributed by atoms with van der Waals surface area (Å²) in [5.74, 6) is -0.752. The predicted octanol–water partition coefficient (Wildman–Crippen LogP) is 3.40. The zero-order valence-electron chi connectivity index (χ0n) is 9.58. The molecule has 0 saturated carbocycles. The minimum absolute atomic E-state index is 0.143. The molecule has 0 spiro atoms. The molecule has 2 rings (SSSR count). The van der Waals surface area contributed by atoms with Crippen LogP contribution in [0.25, 0.3) is 11.1 Å². The molecule has 0 aliphatic heterocycles. The smallest absolute Gasteiger partial charge is 0.390 e. The van der Waals surface area contributed by atoms with E-state index in [0.29, 0.717) is 0 Å². The molecule has 1 N–H and O–H groups in total. The van der Waals surface area contributed by atoms with Gasteiger partial charge in [0.1, 0.15) is 11.5 Å². The summed E-state index contributed by atoms with van der Waals surface area (Å²) < 4.78 is 51.1. The maximum atomic E-state index is 13.4. The molecular formula is C13H9F4NO. The van der Waals surface area contributed by atoms with Crippen molar-refractivity contribution in [3.63, 3.8) is 0 Å². The van der Waals surface area contributed by atoms with Gasteiger partial charge in [0.05, 0.1) is 12.2 Å². The molecule has 0 radical (unpaired) electrons. The van der Waals surface area contributed by atoms with E-state index in [1.165, 1.54) is 18.3 Å². The van der Waals surface area contributed by atoms with E-state index in [0.717, 1.165) is 18.2 Å². The third-order valence-electron chi connectivity index (χ3n) is 2.59. The summed E-state index contributed by atoms with van der Waals surface area (Å²) in [5.41, 5.74) is -0.515. The summed E-state index contributed by atoms with van der Waals surface area (Å²) in [7, 11) is 0. The molecule has 1 heterocycles. The lowest BCUT2D eigenvalue weighted by molar-refractivity contribution is -0.137. The van der Waals surface area contributed by atoms with Crippen LogP contribution in [0.1, 0.15) is 11.3 Å². The molecule has 0 bridgehead atoms. The van der Waals surface area contributed by atoms with Crippen LogP contribution in [0.5, 0.6) is 0 Å². The second-order valence-electron chi connectivity index (χ2n) is 3.89. The lowest BCUT2D eigenvalue weighted by Gasteiger charge is -2.09. The average Bonchev–Trinajstić information content (AvgIpc) is 2.38. The normalized spacial score (nSPS) is 11.6. The van der Waals surface area contributed by atoms with Crippen molar-refractivity contribution in [1.29, 1.82) is 0 Å². The fourth-order valence-corrected chi connectivity index (χ4v) is 1.62. The molecular weight excluding hydrogens is 262 g/mol. The van der Waals surface area contributed by atoms with Crippen LogP contribution < -0.4 is 0 Å².